The van der Waals surface area contributed by atoms with E-state index in [1.165, 1.54) is 7.05 Å². The van der Waals surface area contributed by atoms with Crippen molar-refractivity contribution in [2.24, 2.45) is 0 Å². The van der Waals surface area contributed by atoms with Gasteiger partial charge in [0, 0.05) is 6.61 Å². The summed E-state index contributed by atoms with van der Waals surface area (Å²) < 4.78 is 39.6. The molecule has 0 aliphatic carbocycles. The molecular formula is C8H14F3NO3. The van der Waals surface area contributed by atoms with Gasteiger partial charge < -0.3 is 15.2 Å². The van der Waals surface area contributed by atoms with Crippen LogP contribution in [0.15, 0.2) is 0 Å². The third kappa shape index (κ3) is 8.19. The molecule has 0 saturated carbocycles. The number of hydrogen-bond donors (Lipinski definition) is 2. The molecule has 0 spiro atoms. The van der Waals surface area contributed by atoms with Crippen LogP contribution >= 0.6 is 0 Å². The Morgan fingerprint density at radius 1 is 1.47 bits per heavy atom. The summed E-state index contributed by atoms with van der Waals surface area (Å²) in [6.07, 6.45) is -5.09. The Bertz CT molecular complexity index is 196. The van der Waals surface area contributed by atoms with Crippen molar-refractivity contribution >= 4 is 5.97 Å². The van der Waals surface area contributed by atoms with Gasteiger partial charge in [-0.05, 0) is 13.5 Å². The maximum Gasteiger partial charge on any atom is 0.391 e. The van der Waals surface area contributed by atoms with Crippen LogP contribution in [0.3, 0.4) is 0 Å². The zero-order valence-electron chi connectivity index (χ0n) is 8.30. The highest BCUT2D eigenvalue weighted by atomic mass is 19.4. The van der Waals surface area contributed by atoms with Gasteiger partial charge in [0.15, 0.2) is 0 Å². The third-order valence-electron chi connectivity index (χ3n) is 1.73. The number of carboxylic acid groups (broad SMARTS) is 1. The van der Waals surface area contributed by atoms with Crippen LogP contribution in [-0.2, 0) is 9.53 Å². The average molecular weight is 229 g/mol. The molecule has 15 heavy (non-hydrogen) atoms. The van der Waals surface area contributed by atoms with E-state index in [9.17, 15) is 18.0 Å². The largest absolute Gasteiger partial charge is 0.480 e. The van der Waals surface area contributed by atoms with Crippen LogP contribution in [0.25, 0.3) is 0 Å². The fourth-order valence-corrected chi connectivity index (χ4v) is 0.882. The van der Waals surface area contributed by atoms with E-state index in [2.05, 4.69) is 10.1 Å². The Balaban J connectivity index is 3.49. The van der Waals surface area contributed by atoms with Crippen molar-refractivity contribution in [1.82, 2.24) is 5.32 Å². The predicted molar refractivity (Wildman–Crippen MR) is 46.6 cm³/mol. The second-order valence-electron chi connectivity index (χ2n) is 2.95. The maximum atomic E-state index is 11.6. The molecule has 0 aliphatic heterocycles. The maximum absolute atomic E-state index is 11.6. The minimum Gasteiger partial charge on any atom is -0.480 e. The normalized spacial score (nSPS) is 13.9. The molecule has 0 aromatic heterocycles. The minimum absolute atomic E-state index is 0.00606. The number of rotatable bonds is 7. The van der Waals surface area contributed by atoms with Gasteiger partial charge in [-0.25, -0.2) is 0 Å². The molecule has 7 heteroatoms. The average Bonchev–Trinajstić information content (AvgIpc) is 2.08. The summed E-state index contributed by atoms with van der Waals surface area (Å²) in [5.74, 6) is -1.04. The number of nitrogens with one attached hydrogen (secondary N) is 1. The fraction of sp³-hybridized carbons (Fsp3) is 0.875. The molecule has 0 aromatic rings. The molecule has 0 saturated heterocycles. The van der Waals surface area contributed by atoms with E-state index in [0.717, 1.165) is 0 Å². The van der Waals surface area contributed by atoms with Gasteiger partial charge in [0.25, 0.3) is 0 Å². The standard InChI is InChI=1S/C8H14F3NO3/c1-12-6(7(13)14)2-4-15-5-3-8(9,10)11/h6,12H,2-5H2,1H3,(H,13,14). The van der Waals surface area contributed by atoms with Crippen molar-refractivity contribution in [2.45, 2.75) is 25.1 Å². The molecule has 1 atom stereocenters. The molecule has 0 bridgehead atoms. The van der Waals surface area contributed by atoms with Gasteiger partial charge in [0.05, 0.1) is 13.0 Å². The predicted octanol–water partition coefficient (Wildman–Crippen LogP) is 1.02. The number of hydrogen-bond acceptors (Lipinski definition) is 3. The number of carbonyl (C=O) groups is 1. The number of ether oxygens (including phenoxy) is 1. The lowest BCUT2D eigenvalue weighted by molar-refractivity contribution is -0.147. The van der Waals surface area contributed by atoms with E-state index < -0.39 is 31.2 Å². The number of likely N-dealkylation sites (N-methyl/N-ethyl adjacent to an activating group) is 1. The third-order valence-corrected chi connectivity index (χ3v) is 1.73. The minimum atomic E-state index is -4.23. The molecule has 2 N–H and O–H groups in total. The second-order valence-corrected chi connectivity index (χ2v) is 2.95. The number of carboxylic acids is 1. The Kier molecular flexibility index (Phi) is 6.26. The first kappa shape index (κ1) is 14.2. The van der Waals surface area contributed by atoms with Crippen LogP contribution in [0.4, 0.5) is 13.2 Å². The first-order valence-electron chi connectivity index (χ1n) is 4.41. The van der Waals surface area contributed by atoms with Gasteiger partial charge in [0.2, 0.25) is 0 Å². The van der Waals surface area contributed by atoms with Gasteiger partial charge in [-0.3, -0.25) is 4.79 Å². The SMILES string of the molecule is CNC(CCOCCC(F)(F)F)C(=O)O. The second kappa shape index (κ2) is 6.62. The van der Waals surface area contributed by atoms with E-state index in [0.29, 0.717) is 0 Å². The lowest BCUT2D eigenvalue weighted by atomic mass is 10.2. The summed E-state index contributed by atoms with van der Waals surface area (Å²) in [7, 11) is 1.47. The van der Waals surface area contributed by atoms with Crippen molar-refractivity contribution < 1.29 is 27.8 Å². The lowest BCUT2D eigenvalue weighted by Crippen LogP contribution is -2.34. The Hall–Kier alpha value is -0.820. The molecule has 1 unspecified atom stereocenters. The van der Waals surface area contributed by atoms with E-state index in [1.54, 1.807) is 0 Å². The van der Waals surface area contributed by atoms with E-state index in [-0.39, 0.29) is 13.0 Å². The summed E-state index contributed by atoms with van der Waals surface area (Å²) in [6.45, 7) is -0.437. The zero-order chi connectivity index (χ0) is 11.9. The van der Waals surface area contributed by atoms with Crippen molar-refractivity contribution in [3.05, 3.63) is 0 Å². The van der Waals surface area contributed by atoms with Crippen LogP contribution in [0, 0.1) is 0 Å². The van der Waals surface area contributed by atoms with Gasteiger partial charge in [-0.1, -0.05) is 0 Å². The molecule has 0 fully saturated rings. The number of alkyl halides is 3. The van der Waals surface area contributed by atoms with Crippen LogP contribution in [0.1, 0.15) is 12.8 Å². The summed E-state index contributed by atoms with van der Waals surface area (Å²) in [5.41, 5.74) is 0. The van der Waals surface area contributed by atoms with Crippen LogP contribution < -0.4 is 5.32 Å². The van der Waals surface area contributed by atoms with Gasteiger partial charge in [-0.2, -0.15) is 13.2 Å². The van der Waals surface area contributed by atoms with Gasteiger partial charge >= 0.3 is 12.1 Å². The molecule has 0 heterocycles. The topological polar surface area (TPSA) is 58.6 Å². The Morgan fingerprint density at radius 3 is 2.47 bits per heavy atom. The van der Waals surface area contributed by atoms with Crippen LogP contribution in [0.5, 0.6) is 0 Å². The molecule has 4 nitrogen and oxygen atoms in total. The fourth-order valence-electron chi connectivity index (χ4n) is 0.882. The van der Waals surface area contributed by atoms with E-state index in [4.69, 9.17) is 5.11 Å². The van der Waals surface area contributed by atoms with Crippen molar-refractivity contribution in [3.63, 3.8) is 0 Å². The first-order chi connectivity index (χ1) is 6.87. The summed E-state index contributed by atoms with van der Waals surface area (Å²) in [4.78, 5) is 10.5. The summed E-state index contributed by atoms with van der Waals surface area (Å²) >= 11 is 0. The van der Waals surface area contributed by atoms with E-state index in [1.807, 2.05) is 0 Å². The molecule has 0 radical (unpaired) electrons. The van der Waals surface area contributed by atoms with Crippen molar-refractivity contribution in [2.75, 3.05) is 20.3 Å². The molecule has 0 amide bonds. The summed E-state index contributed by atoms with van der Waals surface area (Å²) in [5, 5.41) is 11.1. The van der Waals surface area contributed by atoms with Gasteiger partial charge in [-0.15, -0.1) is 0 Å². The first-order valence-corrected chi connectivity index (χ1v) is 4.41. The van der Waals surface area contributed by atoms with Crippen molar-refractivity contribution in [1.29, 1.82) is 0 Å². The smallest absolute Gasteiger partial charge is 0.391 e. The molecule has 0 rings (SSSR count). The molecule has 0 aromatic carbocycles. The molecule has 0 aliphatic rings. The highest BCUT2D eigenvalue weighted by Gasteiger charge is 2.26. The van der Waals surface area contributed by atoms with Crippen LogP contribution in [0.2, 0.25) is 0 Å². The number of halogens is 3. The quantitative estimate of drug-likeness (QED) is 0.640. The van der Waals surface area contributed by atoms with E-state index >= 15 is 0 Å². The Labute approximate surface area is 85.4 Å². The van der Waals surface area contributed by atoms with Crippen LogP contribution in [-0.4, -0.2) is 43.6 Å². The highest BCUT2D eigenvalue weighted by Crippen LogP contribution is 2.18. The molecular weight excluding hydrogens is 215 g/mol. The monoisotopic (exact) mass is 229 g/mol. The summed E-state index contributed by atoms with van der Waals surface area (Å²) in [6, 6.07) is -0.782. The zero-order valence-corrected chi connectivity index (χ0v) is 8.30. The Morgan fingerprint density at radius 2 is 2.07 bits per heavy atom. The number of aliphatic carboxylic acids is 1. The van der Waals surface area contributed by atoms with Gasteiger partial charge in [0.1, 0.15) is 6.04 Å². The van der Waals surface area contributed by atoms with Crippen molar-refractivity contribution in [3.8, 4) is 0 Å². The lowest BCUT2D eigenvalue weighted by Gasteiger charge is -2.11. The highest BCUT2D eigenvalue weighted by molar-refractivity contribution is 5.73. The molecule has 90 valence electrons.